The van der Waals surface area contributed by atoms with Crippen molar-refractivity contribution in [3.8, 4) is 11.8 Å². The van der Waals surface area contributed by atoms with Gasteiger partial charge in [0.05, 0.1) is 44.5 Å². The fourth-order valence-corrected chi connectivity index (χ4v) is 2.57. The molecule has 0 radical (unpaired) electrons. The molecule has 26 heavy (non-hydrogen) atoms. The van der Waals surface area contributed by atoms with Crippen molar-refractivity contribution in [2.45, 2.75) is 13.8 Å². The van der Waals surface area contributed by atoms with E-state index < -0.39 is 0 Å². The Labute approximate surface area is 159 Å². The average Bonchev–Trinajstić information content (AvgIpc) is 2.58. The summed E-state index contributed by atoms with van der Waals surface area (Å²) in [5, 5.41) is 19.0. The second-order valence-electron chi connectivity index (χ2n) is 5.64. The van der Waals surface area contributed by atoms with Crippen LogP contribution in [0.2, 0.25) is 10.0 Å². The zero-order valence-corrected chi connectivity index (χ0v) is 15.4. The van der Waals surface area contributed by atoms with E-state index in [4.69, 9.17) is 33.4 Å². The summed E-state index contributed by atoms with van der Waals surface area (Å²) in [6.45, 7) is 4.05. The molecule has 0 aliphatic heterocycles. The predicted octanol–water partition coefficient (Wildman–Crippen LogP) is 4.59. The van der Waals surface area contributed by atoms with Crippen LogP contribution in [0.15, 0.2) is 36.7 Å². The molecule has 0 atom stereocenters. The lowest BCUT2D eigenvalue weighted by Gasteiger charge is -2.01. The van der Waals surface area contributed by atoms with E-state index in [1.54, 1.807) is 12.1 Å². The summed E-state index contributed by atoms with van der Waals surface area (Å²) in [6.07, 6.45) is 2.61. The van der Waals surface area contributed by atoms with Crippen LogP contribution in [-0.2, 0) is 0 Å². The maximum atomic E-state index is 9.12. The Kier molecular flexibility index (Phi) is 5.06. The fourth-order valence-electron chi connectivity index (χ4n) is 2.26. The molecule has 0 saturated heterocycles. The highest BCUT2D eigenvalue weighted by Gasteiger charge is 2.03. The van der Waals surface area contributed by atoms with Crippen molar-refractivity contribution in [3.05, 3.63) is 57.8 Å². The van der Waals surface area contributed by atoms with Gasteiger partial charge < -0.3 is 10.2 Å². The normalized spacial score (nSPS) is 10.6. The Balaban J connectivity index is 0.000000151. The van der Waals surface area contributed by atoms with Crippen molar-refractivity contribution in [2.24, 2.45) is 0 Å². The third kappa shape index (κ3) is 3.92. The quantitative estimate of drug-likeness (QED) is 0.457. The molecule has 2 N–H and O–H groups in total. The molecule has 8 heteroatoms. The van der Waals surface area contributed by atoms with Crippen molar-refractivity contribution >= 4 is 45.3 Å². The lowest BCUT2D eigenvalue weighted by atomic mass is 10.1. The van der Waals surface area contributed by atoms with Crippen LogP contribution in [0, 0.1) is 13.8 Å². The Bertz CT molecular complexity index is 1030. The van der Waals surface area contributed by atoms with Crippen LogP contribution in [0.5, 0.6) is 11.8 Å². The van der Waals surface area contributed by atoms with Crippen molar-refractivity contribution in [1.29, 1.82) is 0 Å². The van der Waals surface area contributed by atoms with Crippen LogP contribution in [0.1, 0.15) is 11.1 Å². The smallest absolute Gasteiger partial charge is 0.230 e. The number of aromatic nitrogens is 4. The first-order chi connectivity index (χ1) is 12.3. The van der Waals surface area contributed by atoms with Gasteiger partial charge in [0, 0.05) is 0 Å². The third-order valence-corrected chi connectivity index (χ3v) is 4.44. The largest absolute Gasteiger partial charge is 0.492 e. The number of rotatable bonds is 0. The van der Waals surface area contributed by atoms with Crippen molar-refractivity contribution in [3.63, 3.8) is 0 Å². The fraction of sp³-hybridized carbons (Fsp3) is 0.111. The highest BCUT2D eigenvalue weighted by Crippen LogP contribution is 2.26. The first kappa shape index (κ1) is 18.1. The van der Waals surface area contributed by atoms with E-state index in [1.807, 2.05) is 26.0 Å². The lowest BCUT2D eigenvalue weighted by molar-refractivity contribution is 0.452. The Morgan fingerprint density at radius 1 is 0.654 bits per heavy atom. The maximum Gasteiger partial charge on any atom is 0.230 e. The number of aromatic hydroxyl groups is 2. The zero-order chi connectivity index (χ0) is 18.8. The van der Waals surface area contributed by atoms with Crippen molar-refractivity contribution < 1.29 is 10.2 Å². The molecule has 6 nitrogen and oxygen atoms in total. The molecule has 2 aromatic heterocycles. The lowest BCUT2D eigenvalue weighted by Crippen LogP contribution is -1.87. The standard InChI is InChI=1S/C10H10N2O.C8H4Cl2N2O/c1-6-3-8-9(4-7(6)2)12-10(13)5-11-8;9-4-1-6-7(2-5(4)10)12-8(13)3-11-6/h3-5H,1-2H3,(H,12,13);1-3H,(H,12,13). The summed E-state index contributed by atoms with van der Waals surface area (Å²) in [5.41, 5.74) is 5.03. The molecule has 4 aromatic rings. The van der Waals surface area contributed by atoms with Gasteiger partial charge >= 0.3 is 0 Å². The minimum Gasteiger partial charge on any atom is -0.492 e. The number of aryl methyl sites for hydroxylation is 2. The molecule has 4 rings (SSSR count). The summed E-state index contributed by atoms with van der Waals surface area (Å²) < 4.78 is 0. The van der Waals surface area contributed by atoms with Gasteiger partial charge in [0.25, 0.3) is 0 Å². The highest BCUT2D eigenvalue weighted by molar-refractivity contribution is 6.42. The van der Waals surface area contributed by atoms with E-state index in [9.17, 15) is 0 Å². The van der Waals surface area contributed by atoms with E-state index in [0.29, 0.717) is 21.1 Å². The number of nitrogens with zero attached hydrogens (tertiary/aromatic N) is 4. The average molecular weight is 389 g/mol. The van der Waals surface area contributed by atoms with Gasteiger partial charge in [0.1, 0.15) is 0 Å². The number of halogens is 2. The van der Waals surface area contributed by atoms with Gasteiger partial charge in [-0.05, 0) is 49.2 Å². The molecule has 0 bridgehead atoms. The van der Waals surface area contributed by atoms with Crippen molar-refractivity contribution in [1.82, 2.24) is 19.9 Å². The SMILES string of the molecule is Cc1cc2ncc(O)nc2cc1C.Oc1cnc2cc(Cl)c(Cl)cc2n1. The Morgan fingerprint density at radius 2 is 1.04 bits per heavy atom. The van der Waals surface area contributed by atoms with Crippen LogP contribution in [0.3, 0.4) is 0 Å². The Hall–Kier alpha value is -2.70. The van der Waals surface area contributed by atoms with Crippen LogP contribution >= 0.6 is 23.2 Å². The first-order valence-electron chi connectivity index (χ1n) is 7.57. The molecule has 0 aliphatic rings. The molecule has 0 amide bonds. The van der Waals surface area contributed by atoms with E-state index >= 15 is 0 Å². The summed E-state index contributed by atoms with van der Waals surface area (Å²) >= 11 is 11.5. The molecule has 0 saturated carbocycles. The molecular weight excluding hydrogens is 375 g/mol. The molecular formula is C18H14Cl2N4O2. The minimum absolute atomic E-state index is 0.0317. The number of hydrogen-bond acceptors (Lipinski definition) is 6. The number of hydrogen-bond donors (Lipinski definition) is 2. The van der Waals surface area contributed by atoms with Crippen LogP contribution in [-0.4, -0.2) is 30.1 Å². The summed E-state index contributed by atoms with van der Waals surface area (Å²) in [5.74, 6) is -0.165. The van der Waals surface area contributed by atoms with E-state index in [0.717, 1.165) is 16.6 Å². The monoisotopic (exact) mass is 388 g/mol. The van der Waals surface area contributed by atoms with E-state index in [2.05, 4.69) is 19.9 Å². The molecule has 0 unspecified atom stereocenters. The van der Waals surface area contributed by atoms with Crippen LogP contribution < -0.4 is 0 Å². The number of fused-ring (bicyclic) bond motifs is 2. The van der Waals surface area contributed by atoms with Crippen molar-refractivity contribution in [2.75, 3.05) is 0 Å². The second kappa shape index (κ2) is 7.27. The van der Waals surface area contributed by atoms with Gasteiger partial charge in [-0.2, -0.15) is 0 Å². The summed E-state index contributed by atoms with van der Waals surface area (Å²) in [6, 6.07) is 7.06. The molecule has 2 heterocycles. The maximum absolute atomic E-state index is 9.12. The molecule has 0 aliphatic carbocycles. The van der Waals surface area contributed by atoms with E-state index in [1.165, 1.54) is 18.0 Å². The molecule has 0 fully saturated rings. The number of benzene rings is 2. The highest BCUT2D eigenvalue weighted by atomic mass is 35.5. The minimum atomic E-state index is -0.133. The zero-order valence-electron chi connectivity index (χ0n) is 13.9. The molecule has 132 valence electrons. The topological polar surface area (TPSA) is 92.0 Å². The van der Waals surface area contributed by atoms with Crippen LogP contribution in [0.25, 0.3) is 22.1 Å². The predicted molar refractivity (Wildman–Crippen MR) is 102 cm³/mol. The van der Waals surface area contributed by atoms with E-state index in [-0.39, 0.29) is 11.8 Å². The summed E-state index contributed by atoms with van der Waals surface area (Å²) in [7, 11) is 0. The second-order valence-corrected chi connectivity index (χ2v) is 6.45. The summed E-state index contributed by atoms with van der Waals surface area (Å²) in [4.78, 5) is 15.8. The third-order valence-electron chi connectivity index (χ3n) is 3.72. The first-order valence-corrected chi connectivity index (χ1v) is 8.33. The van der Waals surface area contributed by atoms with Gasteiger partial charge in [-0.3, -0.25) is 0 Å². The van der Waals surface area contributed by atoms with Gasteiger partial charge in [-0.15, -0.1) is 0 Å². The van der Waals surface area contributed by atoms with Gasteiger partial charge in [0.2, 0.25) is 11.8 Å². The van der Waals surface area contributed by atoms with Gasteiger partial charge in [0.15, 0.2) is 0 Å². The molecule has 0 spiro atoms. The van der Waals surface area contributed by atoms with Gasteiger partial charge in [-0.25, -0.2) is 19.9 Å². The van der Waals surface area contributed by atoms with Gasteiger partial charge in [-0.1, -0.05) is 23.2 Å². The Morgan fingerprint density at radius 3 is 1.58 bits per heavy atom. The van der Waals surface area contributed by atoms with Crippen LogP contribution in [0.4, 0.5) is 0 Å². The molecule has 2 aromatic carbocycles.